The first-order chi connectivity index (χ1) is 9.81. The van der Waals surface area contributed by atoms with Crippen molar-refractivity contribution in [3.05, 3.63) is 28.8 Å². The summed E-state index contributed by atoms with van der Waals surface area (Å²) < 4.78 is 11.5. The largest absolute Gasteiger partial charge is 0.493 e. The molecule has 4 rings (SSSR count). The van der Waals surface area contributed by atoms with E-state index in [1.54, 1.807) is 0 Å². The minimum absolute atomic E-state index is 0.0183. The van der Waals surface area contributed by atoms with Crippen molar-refractivity contribution in [1.82, 2.24) is 5.32 Å². The van der Waals surface area contributed by atoms with Crippen molar-refractivity contribution in [2.45, 2.75) is 44.2 Å². The lowest BCUT2D eigenvalue weighted by molar-refractivity contribution is -0.127. The predicted molar refractivity (Wildman–Crippen MR) is 73.8 cm³/mol. The molecule has 1 aromatic carbocycles. The highest BCUT2D eigenvalue weighted by atomic mass is 16.5. The van der Waals surface area contributed by atoms with Gasteiger partial charge in [-0.3, -0.25) is 4.79 Å². The summed E-state index contributed by atoms with van der Waals surface area (Å²) in [6, 6.07) is 4.62. The summed E-state index contributed by atoms with van der Waals surface area (Å²) in [5.41, 5.74) is 3.95. The van der Waals surface area contributed by atoms with E-state index in [0.29, 0.717) is 6.04 Å². The normalized spacial score (nSPS) is 23.1. The van der Waals surface area contributed by atoms with Crippen molar-refractivity contribution in [1.29, 1.82) is 0 Å². The molecule has 0 radical (unpaired) electrons. The van der Waals surface area contributed by atoms with Crippen LogP contribution in [0.15, 0.2) is 12.1 Å². The second-order valence-electron chi connectivity index (χ2n) is 5.89. The Labute approximate surface area is 118 Å². The van der Waals surface area contributed by atoms with Crippen LogP contribution in [-0.4, -0.2) is 25.2 Å². The van der Waals surface area contributed by atoms with E-state index in [1.807, 2.05) is 0 Å². The first kappa shape index (κ1) is 12.2. The van der Waals surface area contributed by atoms with E-state index >= 15 is 0 Å². The molecule has 0 aromatic heterocycles. The zero-order valence-corrected chi connectivity index (χ0v) is 11.5. The summed E-state index contributed by atoms with van der Waals surface area (Å²) in [4.78, 5) is 11.7. The van der Waals surface area contributed by atoms with Crippen molar-refractivity contribution in [2.75, 3.05) is 13.2 Å². The fraction of sp³-hybridized carbons (Fsp3) is 0.562. The second-order valence-corrected chi connectivity index (χ2v) is 5.89. The van der Waals surface area contributed by atoms with Crippen molar-refractivity contribution < 1.29 is 14.3 Å². The van der Waals surface area contributed by atoms with Gasteiger partial charge in [0.15, 0.2) is 0 Å². The first-order valence-corrected chi connectivity index (χ1v) is 7.49. The zero-order valence-electron chi connectivity index (χ0n) is 11.5. The number of fused-ring (bicyclic) bond motifs is 3. The van der Waals surface area contributed by atoms with Gasteiger partial charge >= 0.3 is 0 Å². The number of benzene rings is 1. The predicted octanol–water partition coefficient (Wildman–Crippen LogP) is 1.90. The molecule has 106 valence electrons. The van der Waals surface area contributed by atoms with E-state index in [1.165, 1.54) is 16.7 Å². The van der Waals surface area contributed by atoms with E-state index in [-0.39, 0.29) is 18.6 Å². The van der Waals surface area contributed by atoms with E-state index in [4.69, 9.17) is 9.47 Å². The molecule has 20 heavy (non-hydrogen) atoms. The molecule has 0 bridgehead atoms. The third kappa shape index (κ3) is 2.18. The third-order valence-electron chi connectivity index (χ3n) is 4.37. The minimum Gasteiger partial charge on any atom is -0.493 e. The molecule has 1 saturated carbocycles. The van der Waals surface area contributed by atoms with Crippen LogP contribution in [0.5, 0.6) is 5.75 Å². The number of carbonyl (C=O) groups is 1. The van der Waals surface area contributed by atoms with Crippen molar-refractivity contribution in [3.8, 4) is 5.75 Å². The van der Waals surface area contributed by atoms with Crippen LogP contribution in [-0.2, 0) is 22.4 Å². The molecular weight excluding hydrogens is 254 g/mol. The van der Waals surface area contributed by atoms with E-state index < -0.39 is 0 Å². The van der Waals surface area contributed by atoms with Crippen LogP contribution in [0, 0.1) is 0 Å². The van der Waals surface area contributed by atoms with Crippen molar-refractivity contribution in [2.24, 2.45) is 0 Å². The second kappa shape index (κ2) is 4.77. The molecule has 1 unspecified atom stereocenters. The van der Waals surface area contributed by atoms with Gasteiger partial charge in [0.1, 0.15) is 12.4 Å². The standard InChI is InChI=1S/C16H19NO3/c18-15(17-11-3-4-11)9-20-14-6-2-10-1-5-13-12(16(10)14)7-8-19-13/h1,5,11,14H,2-4,6-9H2,(H,17,18). The molecule has 1 amide bonds. The Kier molecular flexibility index (Phi) is 2.91. The first-order valence-electron chi connectivity index (χ1n) is 7.49. The van der Waals surface area contributed by atoms with Gasteiger partial charge in [-0.15, -0.1) is 0 Å². The highest BCUT2D eigenvalue weighted by Gasteiger charge is 2.31. The number of carbonyl (C=O) groups excluding carboxylic acids is 1. The van der Waals surface area contributed by atoms with Crippen LogP contribution in [0.2, 0.25) is 0 Å². The number of hydrogen-bond acceptors (Lipinski definition) is 3. The Balaban J connectivity index is 1.46. The summed E-state index contributed by atoms with van der Waals surface area (Å²) in [5, 5.41) is 2.97. The molecule has 0 saturated heterocycles. The van der Waals surface area contributed by atoms with Gasteiger partial charge in [-0.2, -0.15) is 0 Å². The van der Waals surface area contributed by atoms with Crippen LogP contribution in [0.3, 0.4) is 0 Å². The SMILES string of the molecule is O=C(COC1CCc2ccc3c(c21)CCO3)NC1CC1. The minimum atomic E-state index is 0.0183. The van der Waals surface area contributed by atoms with Gasteiger partial charge in [0.05, 0.1) is 12.7 Å². The molecule has 0 spiro atoms. The molecule has 4 nitrogen and oxygen atoms in total. The lowest BCUT2D eigenvalue weighted by Crippen LogP contribution is -2.29. The number of rotatable bonds is 4. The molecule has 1 aromatic rings. The topological polar surface area (TPSA) is 47.6 Å². The van der Waals surface area contributed by atoms with Crippen molar-refractivity contribution >= 4 is 5.91 Å². The fourth-order valence-corrected chi connectivity index (χ4v) is 3.24. The molecule has 1 atom stereocenters. The summed E-state index contributed by atoms with van der Waals surface area (Å²) in [5.74, 6) is 1.02. The molecule has 1 N–H and O–H groups in total. The van der Waals surface area contributed by atoms with Gasteiger partial charge in [-0.05, 0) is 42.9 Å². The molecule has 2 aliphatic carbocycles. The van der Waals surface area contributed by atoms with Gasteiger partial charge < -0.3 is 14.8 Å². The molecular formula is C16H19NO3. The number of ether oxygens (including phenoxy) is 2. The molecule has 3 aliphatic rings. The number of hydrogen-bond donors (Lipinski definition) is 1. The summed E-state index contributed by atoms with van der Waals surface area (Å²) >= 11 is 0. The molecule has 1 aliphatic heterocycles. The maximum atomic E-state index is 11.7. The number of nitrogens with one attached hydrogen (secondary N) is 1. The van der Waals surface area contributed by atoms with E-state index in [9.17, 15) is 4.79 Å². The van der Waals surface area contributed by atoms with Gasteiger partial charge in [0.25, 0.3) is 0 Å². The Morgan fingerprint density at radius 3 is 3.05 bits per heavy atom. The van der Waals surface area contributed by atoms with Crippen LogP contribution in [0.1, 0.15) is 42.1 Å². The quantitative estimate of drug-likeness (QED) is 0.911. The average molecular weight is 273 g/mol. The van der Waals surface area contributed by atoms with Crippen molar-refractivity contribution in [3.63, 3.8) is 0 Å². The number of aryl methyl sites for hydroxylation is 1. The lowest BCUT2D eigenvalue weighted by Gasteiger charge is -2.15. The van der Waals surface area contributed by atoms with Gasteiger partial charge in [-0.25, -0.2) is 0 Å². The lowest BCUT2D eigenvalue weighted by atomic mass is 10.00. The maximum Gasteiger partial charge on any atom is 0.246 e. The third-order valence-corrected chi connectivity index (χ3v) is 4.37. The van der Waals surface area contributed by atoms with Crippen LogP contribution >= 0.6 is 0 Å². The Morgan fingerprint density at radius 1 is 1.30 bits per heavy atom. The summed E-state index contributed by atoms with van der Waals surface area (Å²) in [6.45, 7) is 0.936. The Bertz CT molecular complexity index is 551. The van der Waals surface area contributed by atoms with Gasteiger partial charge in [-0.1, -0.05) is 6.07 Å². The van der Waals surface area contributed by atoms with E-state index in [0.717, 1.165) is 44.5 Å². The maximum absolute atomic E-state index is 11.7. The van der Waals surface area contributed by atoms with Crippen LogP contribution in [0.4, 0.5) is 0 Å². The molecule has 1 fully saturated rings. The summed E-state index contributed by atoms with van der Waals surface area (Å²) in [7, 11) is 0. The smallest absolute Gasteiger partial charge is 0.246 e. The zero-order chi connectivity index (χ0) is 13.5. The molecule has 1 heterocycles. The van der Waals surface area contributed by atoms with Crippen LogP contribution < -0.4 is 10.1 Å². The Morgan fingerprint density at radius 2 is 2.20 bits per heavy atom. The Hall–Kier alpha value is -1.55. The molecule has 4 heteroatoms. The monoisotopic (exact) mass is 273 g/mol. The summed E-state index contributed by atoms with van der Waals surface area (Å²) in [6.07, 6.45) is 5.27. The van der Waals surface area contributed by atoms with Gasteiger partial charge in [0.2, 0.25) is 5.91 Å². The highest BCUT2D eigenvalue weighted by Crippen LogP contribution is 2.42. The van der Waals surface area contributed by atoms with Crippen LogP contribution in [0.25, 0.3) is 0 Å². The highest BCUT2D eigenvalue weighted by molar-refractivity contribution is 5.77. The van der Waals surface area contributed by atoms with E-state index in [2.05, 4.69) is 17.4 Å². The van der Waals surface area contributed by atoms with Gasteiger partial charge in [0, 0.05) is 18.0 Å². The number of amides is 1. The average Bonchev–Trinajstić information content (AvgIpc) is 2.99. The fourth-order valence-electron chi connectivity index (χ4n) is 3.24.